The summed E-state index contributed by atoms with van der Waals surface area (Å²) in [6.07, 6.45) is 6.12. The van der Waals surface area contributed by atoms with Gasteiger partial charge in [0.25, 0.3) is 0 Å². The summed E-state index contributed by atoms with van der Waals surface area (Å²) in [5, 5.41) is 13.3. The van der Waals surface area contributed by atoms with Gasteiger partial charge in [0.15, 0.2) is 0 Å². The first-order chi connectivity index (χ1) is 9.05. The normalized spacial score (nSPS) is 28.9. The minimum atomic E-state index is -0.289. The molecule has 1 fully saturated rings. The molecule has 0 aromatic carbocycles. The lowest BCUT2D eigenvalue weighted by Gasteiger charge is -2.60. The summed E-state index contributed by atoms with van der Waals surface area (Å²) in [4.78, 5) is 7.99. The molecule has 19 heavy (non-hydrogen) atoms. The van der Waals surface area contributed by atoms with E-state index in [9.17, 15) is 5.11 Å². The summed E-state index contributed by atoms with van der Waals surface area (Å²) in [5.41, 5.74) is 0.641. The molecule has 5 heteroatoms. The zero-order chi connectivity index (χ0) is 13.9. The summed E-state index contributed by atoms with van der Waals surface area (Å²) in [5.74, 6) is 0. The Bertz CT molecular complexity index is 410. The summed E-state index contributed by atoms with van der Waals surface area (Å²) in [7, 11) is 0. The van der Waals surface area contributed by atoms with Gasteiger partial charge in [0.1, 0.15) is 6.33 Å². The monoisotopic (exact) mass is 265 g/mol. The fourth-order valence-electron chi connectivity index (χ4n) is 2.80. The maximum atomic E-state index is 9.79. The Morgan fingerprint density at radius 1 is 1.42 bits per heavy atom. The summed E-state index contributed by atoms with van der Waals surface area (Å²) < 4.78 is 5.73. The molecule has 1 heterocycles. The highest BCUT2D eigenvalue weighted by molar-refractivity contribution is 5.16. The van der Waals surface area contributed by atoms with Crippen molar-refractivity contribution in [2.75, 3.05) is 13.2 Å². The number of rotatable bonds is 6. The lowest BCUT2D eigenvalue weighted by Crippen LogP contribution is -2.73. The van der Waals surface area contributed by atoms with Crippen LogP contribution >= 0.6 is 0 Å². The third kappa shape index (κ3) is 2.50. The molecule has 0 amide bonds. The molecule has 2 rings (SSSR count). The van der Waals surface area contributed by atoms with Crippen LogP contribution in [0.3, 0.4) is 0 Å². The van der Waals surface area contributed by atoms with Crippen LogP contribution in [0.15, 0.2) is 18.7 Å². The van der Waals surface area contributed by atoms with Gasteiger partial charge in [-0.3, -0.25) is 0 Å². The number of aliphatic hydroxyl groups is 1. The minimum absolute atomic E-state index is 0.0899. The van der Waals surface area contributed by atoms with Crippen molar-refractivity contribution >= 4 is 0 Å². The van der Waals surface area contributed by atoms with Crippen molar-refractivity contribution in [2.45, 2.75) is 45.4 Å². The smallest absolute Gasteiger partial charge is 0.115 e. The number of nitrogens with zero attached hydrogens (tertiary/aromatic N) is 2. The van der Waals surface area contributed by atoms with Crippen molar-refractivity contribution in [3.05, 3.63) is 24.3 Å². The highest BCUT2D eigenvalue weighted by Gasteiger charge is 2.60. The van der Waals surface area contributed by atoms with Gasteiger partial charge in [-0.1, -0.05) is 13.8 Å². The molecule has 1 aromatic heterocycles. The van der Waals surface area contributed by atoms with Gasteiger partial charge in [-0.05, 0) is 13.3 Å². The van der Waals surface area contributed by atoms with Crippen molar-refractivity contribution in [1.29, 1.82) is 0 Å². The summed E-state index contributed by atoms with van der Waals surface area (Å²) in [6.45, 7) is 7.76. The number of hydrogen-bond donors (Lipinski definition) is 2. The highest BCUT2D eigenvalue weighted by Crippen LogP contribution is 2.51. The Hall–Kier alpha value is -1.04. The first kappa shape index (κ1) is 14.4. The fraction of sp³-hybridized carbons (Fsp3) is 0.714. The second-order valence-corrected chi connectivity index (χ2v) is 5.71. The molecule has 0 spiro atoms. The Labute approximate surface area is 114 Å². The maximum Gasteiger partial charge on any atom is 0.115 e. The fourth-order valence-corrected chi connectivity index (χ4v) is 2.80. The van der Waals surface area contributed by atoms with Crippen LogP contribution in [-0.2, 0) is 11.3 Å². The third-order valence-electron chi connectivity index (χ3n) is 4.45. The lowest BCUT2D eigenvalue weighted by molar-refractivity contribution is -0.177. The second-order valence-electron chi connectivity index (χ2n) is 5.71. The lowest BCUT2D eigenvalue weighted by atomic mass is 9.54. The van der Waals surface area contributed by atoms with Crippen LogP contribution in [0.5, 0.6) is 0 Å². The zero-order valence-corrected chi connectivity index (χ0v) is 11.9. The van der Waals surface area contributed by atoms with Crippen LogP contribution in [0.1, 0.15) is 32.8 Å². The molecule has 0 radical (unpaired) electrons. The first-order valence-electron chi connectivity index (χ1n) is 6.77. The summed E-state index contributed by atoms with van der Waals surface area (Å²) in [6, 6.07) is 0. The van der Waals surface area contributed by atoms with E-state index in [-0.39, 0.29) is 23.7 Å². The van der Waals surface area contributed by atoms with Crippen LogP contribution in [0.2, 0.25) is 0 Å². The Morgan fingerprint density at radius 3 is 2.63 bits per heavy atom. The van der Waals surface area contributed by atoms with Gasteiger partial charge in [0.2, 0.25) is 0 Å². The molecule has 1 saturated carbocycles. The van der Waals surface area contributed by atoms with E-state index in [4.69, 9.17) is 4.74 Å². The van der Waals surface area contributed by atoms with Crippen LogP contribution in [0.4, 0.5) is 0 Å². The second kappa shape index (κ2) is 5.53. The first-order valence-corrected chi connectivity index (χ1v) is 6.77. The summed E-state index contributed by atoms with van der Waals surface area (Å²) >= 11 is 0. The van der Waals surface area contributed by atoms with Gasteiger partial charge in [-0.2, -0.15) is 0 Å². The average molecular weight is 265 g/mol. The molecule has 0 aliphatic heterocycles. The molecular formula is C14H23N3O2. The van der Waals surface area contributed by atoms with Gasteiger partial charge in [-0.15, -0.1) is 0 Å². The molecule has 106 valence electrons. The molecule has 0 bridgehead atoms. The number of aliphatic hydroxyl groups excluding tert-OH is 1. The van der Waals surface area contributed by atoms with Gasteiger partial charge in [-0.25, -0.2) is 9.97 Å². The molecule has 2 N–H and O–H groups in total. The Kier molecular flexibility index (Phi) is 4.18. The topological polar surface area (TPSA) is 67.3 Å². The van der Waals surface area contributed by atoms with Crippen molar-refractivity contribution < 1.29 is 9.84 Å². The number of ether oxygens (including phenoxy) is 1. The van der Waals surface area contributed by atoms with Gasteiger partial charge in [0, 0.05) is 36.5 Å². The third-order valence-corrected chi connectivity index (χ3v) is 4.45. The predicted octanol–water partition coefficient (Wildman–Crippen LogP) is 1.13. The standard InChI is InChI=1S/C14H23N3O2/c1-4-19-12-5-14(9-18,13(12,2)3)17-8-11-6-15-10-16-7-11/h6-7,10,12,17-18H,4-5,8-9H2,1-3H3/t12-,14-/m0/s1. The van der Waals surface area contributed by atoms with E-state index < -0.39 is 0 Å². The molecule has 1 aromatic rings. The molecule has 2 atom stereocenters. The van der Waals surface area contributed by atoms with E-state index in [1.807, 2.05) is 6.92 Å². The quantitative estimate of drug-likeness (QED) is 0.807. The zero-order valence-electron chi connectivity index (χ0n) is 11.9. The highest BCUT2D eigenvalue weighted by atomic mass is 16.5. The SMILES string of the molecule is CCO[C@H]1C[C@@](CO)(NCc2cncnc2)C1(C)C. The van der Waals surface area contributed by atoms with Gasteiger partial charge < -0.3 is 15.2 Å². The van der Waals surface area contributed by atoms with E-state index in [1.54, 1.807) is 12.4 Å². The Balaban J connectivity index is 2.01. The molecule has 1 aliphatic rings. The maximum absolute atomic E-state index is 9.79. The van der Waals surface area contributed by atoms with Gasteiger partial charge in [0.05, 0.1) is 18.2 Å². The number of nitrogens with one attached hydrogen (secondary N) is 1. The van der Waals surface area contributed by atoms with Crippen LogP contribution in [-0.4, -0.2) is 39.9 Å². The van der Waals surface area contributed by atoms with E-state index in [0.717, 1.165) is 12.0 Å². The van der Waals surface area contributed by atoms with E-state index in [0.29, 0.717) is 13.2 Å². The molecular weight excluding hydrogens is 242 g/mol. The molecule has 5 nitrogen and oxygen atoms in total. The van der Waals surface area contributed by atoms with Gasteiger partial charge >= 0.3 is 0 Å². The molecule has 1 aliphatic carbocycles. The minimum Gasteiger partial charge on any atom is -0.394 e. The largest absolute Gasteiger partial charge is 0.394 e. The van der Waals surface area contributed by atoms with E-state index in [1.165, 1.54) is 6.33 Å². The van der Waals surface area contributed by atoms with E-state index >= 15 is 0 Å². The number of aromatic nitrogens is 2. The van der Waals surface area contributed by atoms with E-state index in [2.05, 4.69) is 29.1 Å². The van der Waals surface area contributed by atoms with Crippen molar-refractivity contribution in [3.8, 4) is 0 Å². The van der Waals surface area contributed by atoms with Crippen molar-refractivity contribution in [2.24, 2.45) is 5.41 Å². The average Bonchev–Trinajstić information content (AvgIpc) is 2.43. The molecule has 0 saturated heterocycles. The van der Waals surface area contributed by atoms with Crippen LogP contribution in [0, 0.1) is 5.41 Å². The molecule has 0 unspecified atom stereocenters. The predicted molar refractivity (Wildman–Crippen MR) is 72.5 cm³/mol. The number of hydrogen-bond acceptors (Lipinski definition) is 5. The van der Waals surface area contributed by atoms with Crippen LogP contribution in [0.25, 0.3) is 0 Å². The Morgan fingerprint density at radius 2 is 2.11 bits per heavy atom. The van der Waals surface area contributed by atoms with Crippen molar-refractivity contribution in [1.82, 2.24) is 15.3 Å². The van der Waals surface area contributed by atoms with Crippen molar-refractivity contribution in [3.63, 3.8) is 0 Å². The van der Waals surface area contributed by atoms with Crippen LogP contribution < -0.4 is 5.32 Å².